The molecule has 2 aliphatic heterocycles. The first-order valence-electron chi connectivity index (χ1n) is 12.0. The molecule has 33 heavy (non-hydrogen) atoms. The van der Waals surface area contributed by atoms with E-state index in [4.69, 9.17) is 4.98 Å². The molecule has 1 saturated heterocycles. The molecule has 4 heterocycles. The van der Waals surface area contributed by atoms with E-state index in [-0.39, 0.29) is 0 Å². The molecule has 166 valence electrons. The Labute approximate surface area is 194 Å². The Bertz CT molecular complexity index is 1350. The molecule has 0 aliphatic carbocycles. The summed E-state index contributed by atoms with van der Waals surface area (Å²) in [5, 5.41) is 12.5. The second kappa shape index (κ2) is 8.49. The summed E-state index contributed by atoms with van der Waals surface area (Å²) in [6, 6.07) is 17.7. The molecule has 4 aromatic rings. The topological polar surface area (TPSA) is 61.0 Å². The van der Waals surface area contributed by atoms with Crippen LogP contribution in [-0.2, 0) is 19.4 Å². The van der Waals surface area contributed by atoms with Gasteiger partial charge in [0.1, 0.15) is 23.4 Å². The minimum atomic E-state index is 0.752. The SMILES string of the molecule is N#Cc1c2n(c3c(N4CCN(CCc5cccc6ccccc56)CC4)ncnc13)CCCC2. The normalized spacial score (nSPS) is 16.8. The van der Waals surface area contributed by atoms with Gasteiger partial charge in [0.2, 0.25) is 0 Å². The second-order valence-electron chi connectivity index (χ2n) is 9.15. The van der Waals surface area contributed by atoms with E-state index in [0.29, 0.717) is 0 Å². The molecule has 0 atom stereocenters. The number of nitriles is 1. The summed E-state index contributed by atoms with van der Waals surface area (Å²) in [4.78, 5) is 14.2. The van der Waals surface area contributed by atoms with Gasteiger partial charge in [-0.3, -0.25) is 4.90 Å². The van der Waals surface area contributed by atoms with Crippen molar-refractivity contribution in [1.29, 1.82) is 5.26 Å². The molecule has 1 fully saturated rings. The van der Waals surface area contributed by atoms with Crippen LogP contribution in [0, 0.1) is 11.3 Å². The number of hydrogen-bond acceptors (Lipinski definition) is 5. The van der Waals surface area contributed by atoms with E-state index in [1.54, 1.807) is 6.33 Å². The summed E-state index contributed by atoms with van der Waals surface area (Å²) in [5.41, 5.74) is 5.22. The van der Waals surface area contributed by atoms with Crippen molar-refractivity contribution in [2.24, 2.45) is 0 Å². The minimum Gasteiger partial charge on any atom is -0.352 e. The first kappa shape index (κ1) is 20.2. The fourth-order valence-electron chi connectivity index (χ4n) is 5.60. The van der Waals surface area contributed by atoms with Crippen molar-refractivity contribution >= 4 is 27.6 Å². The second-order valence-corrected chi connectivity index (χ2v) is 9.15. The number of fused-ring (bicyclic) bond motifs is 4. The Kier molecular flexibility index (Phi) is 5.20. The summed E-state index contributed by atoms with van der Waals surface area (Å²) in [7, 11) is 0. The van der Waals surface area contributed by atoms with Gasteiger partial charge in [-0.1, -0.05) is 42.5 Å². The standard InChI is InChI=1S/C27H28N6/c28-18-23-24-10-3-4-12-33(24)26-25(23)29-19-30-27(26)32-16-14-31(15-17-32)13-11-21-8-5-7-20-6-1-2-9-22(20)21/h1-2,5-9,19H,3-4,10-17H2. The van der Waals surface area contributed by atoms with Crippen molar-refractivity contribution < 1.29 is 0 Å². The van der Waals surface area contributed by atoms with Crippen molar-refractivity contribution in [1.82, 2.24) is 19.4 Å². The van der Waals surface area contributed by atoms with Gasteiger partial charge in [0.25, 0.3) is 0 Å². The zero-order chi connectivity index (χ0) is 22.2. The quantitative estimate of drug-likeness (QED) is 0.481. The van der Waals surface area contributed by atoms with Gasteiger partial charge in [-0.25, -0.2) is 9.97 Å². The van der Waals surface area contributed by atoms with Crippen LogP contribution in [-0.4, -0.2) is 52.2 Å². The first-order chi connectivity index (χ1) is 16.3. The molecule has 0 unspecified atom stereocenters. The highest BCUT2D eigenvalue weighted by atomic mass is 15.3. The van der Waals surface area contributed by atoms with Gasteiger partial charge in [-0.15, -0.1) is 0 Å². The predicted octanol–water partition coefficient (Wildman–Crippen LogP) is 4.16. The lowest BCUT2D eigenvalue weighted by atomic mass is 10.0. The summed E-state index contributed by atoms with van der Waals surface area (Å²) in [6.07, 6.45) is 5.95. The van der Waals surface area contributed by atoms with Crippen LogP contribution in [0.5, 0.6) is 0 Å². The van der Waals surface area contributed by atoms with Crippen LogP contribution in [0.15, 0.2) is 48.8 Å². The third kappa shape index (κ3) is 3.53. The third-order valence-corrected chi connectivity index (χ3v) is 7.33. The molecule has 0 amide bonds. The smallest absolute Gasteiger partial charge is 0.156 e. The number of piperazine rings is 1. The van der Waals surface area contributed by atoms with Crippen LogP contribution in [0.25, 0.3) is 21.8 Å². The van der Waals surface area contributed by atoms with Gasteiger partial charge in [0, 0.05) is 45.0 Å². The summed E-state index contributed by atoms with van der Waals surface area (Å²) in [6.45, 7) is 5.97. The van der Waals surface area contributed by atoms with Crippen molar-refractivity contribution in [2.45, 2.75) is 32.2 Å². The van der Waals surface area contributed by atoms with E-state index in [2.05, 4.69) is 67.9 Å². The molecule has 0 spiro atoms. The van der Waals surface area contributed by atoms with Crippen LogP contribution >= 0.6 is 0 Å². The molecule has 0 radical (unpaired) electrons. The Morgan fingerprint density at radius 2 is 1.76 bits per heavy atom. The fraction of sp³-hybridized carbons (Fsp3) is 0.370. The maximum atomic E-state index is 9.79. The van der Waals surface area contributed by atoms with Gasteiger partial charge < -0.3 is 9.47 Å². The summed E-state index contributed by atoms with van der Waals surface area (Å²) >= 11 is 0. The molecule has 6 rings (SSSR count). The lowest BCUT2D eigenvalue weighted by molar-refractivity contribution is 0.261. The van der Waals surface area contributed by atoms with Crippen molar-refractivity contribution in [3.05, 3.63) is 65.6 Å². The molecule has 6 heteroatoms. The third-order valence-electron chi connectivity index (χ3n) is 7.33. The molecule has 0 bridgehead atoms. The largest absolute Gasteiger partial charge is 0.352 e. The van der Waals surface area contributed by atoms with E-state index < -0.39 is 0 Å². The highest BCUT2D eigenvalue weighted by Crippen LogP contribution is 2.34. The maximum Gasteiger partial charge on any atom is 0.156 e. The zero-order valence-corrected chi connectivity index (χ0v) is 18.9. The highest BCUT2D eigenvalue weighted by Gasteiger charge is 2.27. The average molecular weight is 437 g/mol. The van der Waals surface area contributed by atoms with Crippen LogP contribution in [0.4, 0.5) is 5.82 Å². The number of aryl methyl sites for hydroxylation is 1. The minimum absolute atomic E-state index is 0.752. The first-order valence-corrected chi connectivity index (χ1v) is 12.0. The molecule has 0 N–H and O–H groups in total. The van der Waals surface area contributed by atoms with Crippen LogP contribution < -0.4 is 4.90 Å². The van der Waals surface area contributed by atoms with E-state index in [0.717, 1.165) is 93.1 Å². The molecule has 2 aliphatic rings. The number of hydrogen-bond donors (Lipinski definition) is 0. The van der Waals surface area contributed by atoms with Crippen LogP contribution in [0.3, 0.4) is 0 Å². The zero-order valence-electron chi connectivity index (χ0n) is 18.9. The number of benzene rings is 2. The summed E-state index contributed by atoms with van der Waals surface area (Å²) in [5.74, 6) is 0.998. The number of aromatic nitrogens is 3. The van der Waals surface area contributed by atoms with E-state index in [1.807, 2.05) is 0 Å². The Hall–Kier alpha value is -3.43. The lowest BCUT2D eigenvalue weighted by Crippen LogP contribution is -2.47. The van der Waals surface area contributed by atoms with Gasteiger partial charge in [-0.05, 0) is 42.0 Å². The van der Waals surface area contributed by atoms with Crippen LogP contribution in [0.1, 0.15) is 29.7 Å². The van der Waals surface area contributed by atoms with Gasteiger partial charge in [0.05, 0.1) is 5.56 Å². The molecular weight excluding hydrogens is 408 g/mol. The van der Waals surface area contributed by atoms with Crippen molar-refractivity contribution in [3.8, 4) is 6.07 Å². The Morgan fingerprint density at radius 1 is 0.909 bits per heavy atom. The molecule has 2 aromatic carbocycles. The van der Waals surface area contributed by atoms with Crippen LogP contribution in [0.2, 0.25) is 0 Å². The van der Waals surface area contributed by atoms with E-state index >= 15 is 0 Å². The lowest BCUT2D eigenvalue weighted by Gasteiger charge is -2.36. The number of nitrogens with zero attached hydrogens (tertiary/aromatic N) is 6. The summed E-state index contributed by atoms with van der Waals surface area (Å²) < 4.78 is 2.32. The molecule has 6 nitrogen and oxygen atoms in total. The number of rotatable bonds is 4. The van der Waals surface area contributed by atoms with Gasteiger partial charge >= 0.3 is 0 Å². The van der Waals surface area contributed by atoms with Crippen molar-refractivity contribution in [2.75, 3.05) is 37.6 Å². The van der Waals surface area contributed by atoms with E-state index in [9.17, 15) is 5.26 Å². The molecule has 2 aromatic heterocycles. The monoisotopic (exact) mass is 436 g/mol. The Morgan fingerprint density at radius 3 is 2.64 bits per heavy atom. The maximum absolute atomic E-state index is 9.79. The Balaban J connectivity index is 1.19. The predicted molar refractivity (Wildman–Crippen MR) is 131 cm³/mol. The van der Waals surface area contributed by atoms with Gasteiger partial charge in [-0.2, -0.15) is 5.26 Å². The number of anilines is 1. The van der Waals surface area contributed by atoms with Gasteiger partial charge in [0.15, 0.2) is 5.82 Å². The fourth-order valence-corrected chi connectivity index (χ4v) is 5.60. The molecule has 0 saturated carbocycles. The van der Waals surface area contributed by atoms with Crippen molar-refractivity contribution in [3.63, 3.8) is 0 Å². The van der Waals surface area contributed by atoms with E-state index in [1.165, 1.54) is 16.3 Å². The molecular formula is C27H28N6. The average Bonchev–Trinajstić information content (AvgIpc) is 3.21. The highest BCUT2D eigenvalue weighted by molar-refractivity contribution is 5.92.